The van der Waals surface area contributed by atoms with Crippen LogP contribution in [0, 0.1) is 0 Å². The number of rotatable bonds is 4. The van der Waals surface area contributed by atoms with Crippen LogP contribution in [0.15, 0.2) is 119 Å². The third-order valence-electron chi connectivity index (χ3n) is 5.37. The average Bonchev–Trinajstić information content (AvgIpc) is 2.99. The number of nitrogens with two attached hydrogens (primary N) is 1. The molecule has 0 unspecified atom stereocenters. The molecule has 15 heteroatoms. The summed E-state index contributed by atoms with van der Waals surface area (Å²) in [7, 11) is -7.24. The second-order valence-corrected chi connectivity index (χ2v) is 12.7. The van der Waals surface area contributed by atoms with Crippen LogP contribution in [0.2, 0.25) is 15.5 Å². The molecule has 0 aliphatic rings. The molecule has 3 N–H and O–H groups in total. The van der Waals surface area contributed by atoms with Gasteiger partial charge >= 0.3 is 0 Å². The maximum Gasteiger partial charge on any atom is 0.263 e. The Kier molecular flexibility index (Phi) is 11.9. The number of hydrogen-bond donors (Lipinski definition) is 2. The fourth-order valence-electron chi connectivity index (χ4n) is 3.40. The van der Waals surface area contributed by atoms with Gasteiger partial charge in [0.05, 0.1) is 31.9 Å². The van der Waals surface area contributed by atoms with Crippen LogP contribution in [0.3, 0.4) is 0 Å². The minimum atomic E-state index is -3.74. The summed E-state index contributed by atoms with van der Waals surface area (Å²) in [6, 6.07) is 30.4. The number of nitrogens with zero attached hydrogens (tertiary/aromatic N) is 4. The van der Waals surface area contributed by atoms with Gasteiger partial charge in [-0.3, -0.25) is 4.72 Å². The average molecular weight is 692 g/mol. The lowest BCUT2D eigenvalue weighted by atomic mass is 10.3. The molecular formula is C29H25Cl3N6O4S2. The molecule has 0 radical (unpaired) electrons. The number of sulfonamides is 2. The highest BCUT2D eigenvalue weighted by Crippen LogP contribution is 2.24. The second-order valence-electron chi connectivity index (χ2n) is 8.42. The van der Waals surface area contributed by atoms with Gasteiger partial charge in [0.1, 0.15) is 0 Å². The summed E-state index contributed by atoms with van der Waals surface area (Å²) in [5, 5.41) is 5.33. The van der Waals surface area contributed by atoms with Crippen molar-refractivity contribution in [3.05, 3.63) is 125 Å². The van der Waals surface area contributed by atoms with E-state index >= 15 is 0 Å². The van der Waals surface area contributed by atoms with Crippen LogP contribution in [0.1, 0.15) is 7.43 Å². The lowest BCUT2D eigenvalue weighted by Crippen LogP contribution is -2.14. The van der Waals surface area contributed by atoms with Crippen molar-refractivity contribution in [2.24, 2.45) is 5.14 Å². The lowest BCUT2D eigenvalue weighted by molar-refractivity contribution is 0.597. The highest BCUT2D eigenvalue weighted by molar-refractivity contribution is 7.92. The number of primary sulfonamides is 1. The van der Waals surface area contributed by atoms with Crippen LogP contribution in [-0.2, 0) is 20.0 Å². The molecule has 0 saturated heterocycles. The molecule has 4 aromatic carbocycles. The van der Waals surface area contributed by atoms with Crippen LogP contribution in [0.5, 0.6) is 0 Å². The Bertz CT molecular complexity index is 2050. The fourth-order valence-corrected chi connectivity index (χ4v) is 5.47. The SMILES string of the molecule is C.Clc1nc2ccccc2nc1Cl.NS(=O)(=O)c1ccccc1.O=S(=O)(Nc1nc2ccccc2nc1Cl)c1ccccc1. The molecule has 0 fully saturated rings. The van der Waals surface area contributed by atoms with Crippen molar-refractivity contribution in [3.63, 3.8) is 0 Å². The minimum Gasteiger partial charge on any atom is -0.261 e. The first-order valence-corrected chi connectivity index (χ1v) is 16.3. The van der Waals surface area contributed by atoms with Gasteiger partial charge in [-0.15, -0.1) is 0 Å². The molecule has 0 atom stereocenters. The van der Waals surface area contributed by atoms with E-state index in [2.05, 4.69) is 24.7 Å². The van der Waals surface area contributed by atoms with E-state index in [1.54, 1.807) is 60.7 Å². The number of hydrogen-bond acceptors (Lipinski definition) is 8. The highest BCUT2D eigenvalue weighted by Gasteiger charge is 2.17. The summed E-state index contributed by atoms with van der Waals surface area (Å²) in [5.74, 6) is 0.0132. The zero-order chi connectivity index (χ0) is 31.0. The number of para-hydroxylation sites is 4. The Morgan fingerprint density at radius 1 is 0.500 bits per heavy atom. The minimum absolute atomic E-state index is 0. The van der Waals surface area contributed by atoms with Gasteiger partial charge in [0, 0.05) is 0 Å². The van der Waals surface area contributed by atoms with E-state index in [9.17, 15) is 16.8 Å². The van der Waals surface area contributed by atoms with Crippen LogP contribution >= 0.6 is 34.8 Å². The van der Waals surface area contributed by atoms with E-state index in [0.717, 1.165) is 11.0 Å². The second kappa shape index (κ2) is 15.2. The number of anilines is 1. The van der Waals surface area contributed by atoms with Crippen LogP contribution in [0.4, 0.5) is 5.82 Å². The first-order valence-electron chi connectivity index (χ1n) is 12.1. The summed E-state index contributed by atoms with van der Waals surface area (Å²) in [6.07, 6.45) is 0. The van der Waals surface area contributed by atoms with E-state index in [0.29, 0.717) is 11.0 Å². The first-order chi connectivity index (χ1) is 20.4. The third kappa shape index (κ3) is 9.29. The van der Waals surface area contributed by atoms with Crippen molar-refractivity contribution >= 4 is 82.7 Å². The molecule has 0 saturated carbocycles. The zero-order valence-electron chi connectivity index (χ0n) is 21.8. The Balaban J connectivity index is 0.000000196. The summed E-state index contributed by atoms with van der Waals surface area (Å²) in [4.78, 5) is 16.7. The number of fused-ring (bicyclic) bond motifs is 2. The predicted octanol–water partition coefficient (Wildman–Crippen LogP) is 6.99. The topological polar surface area (TPSA) is 158 Å². The van der Waals surface area contributed by atoms with Gasteiger partial charge in [-0.2, -0.15) is 0 Å². The lowest BCUT2D eigenvalue weighted by Gasteiger charge is -2.09. The number of aromatic nitrogens is 4. The van der Waals surface area contributed by atoms with E-state index in [1.165, 1.54) is 24.3 Å². The van der Waals surface area contributed by atoms with Crippen molar-refractivity contribution in [1.82, 2.24) is 19.9 Å². The molecule has 0 aliphatic heterocycles. The quantitative estimate of drug-likeness (QED) is 0.200. The molecule has 2 aromatic heterocycles. The predicted molar refractivity (Wildman–Crippen MR) is 176 cm³/mol. The largest absolute Gasteiger partial charge is 0.263 e. The van der Waals surface area contributed by atoms with Gasteiger partial charge in [0.15, 0.2) is 21.3 Å². The molecule has 6 aromatic rings. The molecule has 0 bridgehead atoms. The smallest absolute Gasteiger partial charge is 0.261 e. The van der Waals surface area contributed by atoms with Gasteiger partial charge in [0.2, 0.25) is 10.0 Å². The normalized spacial score (nSPS) is 10.9. The highest BCUT2D eigenvalue weighted by atomic mass is 35.5. The van der Waals surface area contributed by atoms with Crippen LogP contribution in [0.25, 0.3) is 22.1 Å². The van der Waals surface area contributed by atoms with Crippen LogP contribution in [-0.4, -0.2) is 36.8 Å². The Morgan fingerprint density at radius 3 is 1.23 bits per heavy atom. The maximum atomic E-state index is 12.3. The molecular weight excluding hydrogens is 667 g/mol. The van der Waals surface area contributed by atoms with E-state index < -0.39 is 20.0 Å². The number of nitrogens with one attached hydrogen (secondary N) is 1. The number of benzene rings is 4. The summed E-state index contributed by atoms with van der Waals surface area (Å²) >= 11 is 17.4. The van der Waals surface area contributed by atoms with Gasteiger partial charge in [-0.1, -0.05) is 103 Å². The Hall–Kier alpha value is -3.91. The van der Waals surface area contributed by atoms with E-state index in [4.69, 9.17) is 39.9 Å². The molecule has 2 heterocycles. The van der Waals surface area contributed by atoms with Gasteiger partial charge in [-0.25, -0.2) is 41.9 Å². The van der Waals surface area contributed by atoms with Crippen molar-refractivity contribution in [2.75, 3.05) is 4.72 Å². The molecule has 6 rings (SSSR count). The Labute approximate surface area is 270 Å². The van der Waals surface area contributed by atoms with Crippen molar-refractivity contribution < 1.29 is 16.8 Å². The van der Waals surface area contributed by atoms with E-state index in [-0.39, 0.29) is 38.5 Å². The summed E-state index contributed by atoms with van der Waals surface area (Å²) in [5.41, 5.74) is 2.68. The summed E-state index contributed by atoms with van der Waals surface area (Å²) < 4.78 is 48.1. The third-order valence-corrected chi connectivity index (χ3v) is 8.54. The zero-order valence-corrected chi connectivity index (χ0v) is 25.7. The monoisotopic (exact) mass is 690 g/mol. The van der Waals surface area contributed by atoms with Crippen molar-refractivity contribution in [1.29, 1.82) is 0 Å². The number of halogens is 3. The molecule has 10 nitrogen and oxygen atoms in total. The molecule has 0 amide bonds. The fraction of sp³-hybridized carbons (Fsp3) is 0.0345. The van der Waals surface area contributed by atoms with Gasteiger partial charge < -0.3 is 0 Å². The van der Waals surface area contributed by atoms with Crippen molar-refractivity contribution in [3.8, 4) is 0 Å². The van der Waals surface area contributed by atoms with Gasteiger partial charge in [0.25, 0.3) is 10.0 Å². The van der Waals surface area contributed by atoms with E-state index in [1.807, 2.05) is 24.3 Å². The molecule has 0 aliphatic carbocycles. The standard InChI is InChI=1S/C14H10ClN3O2S.C8H4Cl2N2.C6H7NO2S.CH4/c15-13-14(17-12-9-5-4-8-11(12)16-13)18-21(19,20)10-6-2-1-3-7-10;9-7-8(10)12-6-4-2-1-3-5(6)11-7;7-10(8,9)6-4-2-1-3-5-6;/h1-9H,(H,17,18);1-4H;1-5H,(H2,7,8,9);1H4. The molecule has 44 heavy (non-hydrogen) atoms. The summed E-state index contributed by atoms with van der Waals surface area (Å²) in [6.45, 7) is 0. The first kappa shape index (κ1) is 34.6. The Morgan fingerprint density at radius 2 is 0.841 bits per heavy atom. The molecule has 228 valence electrons. The van der Waals surface area contributed by atoms with Crippen molar-refractivity contribution in [2.45, 2.75) is 17.2 Å². The van der Waals surface area contributed by atoms with Gasteiger partial charge in [-0.05, 0) is 48.5 Å². The maximum absolute atomic E-state index is 12.3. The van der Waals surface area contributed by atoms with Crippen LogP contribution < -0.4 is 9.86 Å². The molecule has 0 spiro atoms.